The van der Waals surface area contributed by atoms with Gasteiger partial charge in [0.1, 0.15) is 10.6 Å². The summed E-state index contributed by atoms with van der Waals surface area (Å²) in [5.74, 6) is 0.149. The van der Waals surface area contributed by atoms with Gasteiger partial charge in [0.05, 0.1) is 18.6 Å². The molecule has 1 atom stereocenters. The number of ether oxygens (including phenoxy) is 1. The van der Waals surface area contributed by atoms with E-state index >= 15 is 0 Å². The van der Waals surface area contributed by atoms with Crippen LogP contribution in [0.5, 0.6) is 5.75 Å². The van der Waals surface area contributed by atoms with Crippen LogP contribution in [0.3, 0.4) is 0 Å². The molecule has 0 aliphatic carbocycles. The molecule has 1 aromatic carbocycles. The highest BCUT2D eigenvalue weighted by Gasteiger charge is 2.23. The van der Waals surface area contributed by atoms with E-state index in [2.05, 4.69) is 9.44 Å². The molecule has 0 saturated carbocycles. The van der Waals surface area contributed by atoms with E-state index in [0.29, 0.717) is 5.75 Å². The molecule has 134 valence electrons. The maximum atomic E-state index is 12.4. The Labute approximate surface area is 143 Å². The van der Waals surface area contributed by atoms with Gasteiger partial charge in [-0.05, 0) is 26.0 Å². The zero-order valence-corrected chi connectivity index (χ0v) is 15.5. The quantitative estimate of drug-likeness (QED) is 0.596. The summed E-state index contributed by atoms with van der Waals surface area (Å²) < 4.78 is 57.8. The average molecular weight is 388 g/mol. The van der Waals surface area contributed by atoms with Gasteiger partial charge in [0, 0.05) is 18.7 Å². The van der Waals surface area contributed by atoms with Crippen molar-refractivity contribution >= 4 is 38.1 Å². The van der Waals surface area contributed by atoms with Crippen LogP contribution < -0.4 is 19.9 Å². The van der Waals surface area contributed by atoms with E-state index in [1.807, 2.05) is 0 Å². The minimum absolute atomic E-state index is 0. The zero-order valence-electron chi connectivity index (χ0n) is 13.1. The van der Waals surface area contributed by atoms with Gasteiger partial charge in [-0.15, -0.1) is 12.4 Å². The molecule has 4 N–H and O–H groups in total. The number of sulfonamides is 2. The van der Waals surface area contributed by atoms with Crippen LogP contribution in [0, 0.1) is 0 Å². The van der Waals surface area contributed by atoms with Gasteiger partial charge in [0.2, 0.25) is 20.0 Å². The van der Waals surface area contributed by atoms with Crippen LogP contribution in [0.1, 0.15) is 13.8 Å². The summed E-state index contributed by atoms with van der Waals surface area (Å²) in [6.45, 7) is 3.17. The fraction of sp³-hybridized carbons (Fsp3) is 0.500. The summed E-state index contributed by atoms with van der Waals surface area (Å²) in [6, 6.07) is 3.54. The van der Waals surface area contributed by atoms with E-state index in [0.717, 1.165) is 0 Å². The number of hydrogen-bond acceptors (Lipinski definition) is 6. The van der Waals surface area contributed by atoms with E-state index in [1.54, 1.807) is 6.92 Å². The summed E-state index contributed by atoms with van der Waals surface area (Å²) in [7, 11) is -6.16. The third kappa shape index (κ3) is 6.15. The Morgan fingerprint density at radius 3 is 2.35 bits per heavy atom. The fourth-order valence-electron chi connectivity index (χ4n) is 1.57. The van der Waals surface area contributed by atoms with Crippen LogP contribution in [0.15, 0.2) is 23.1 Å². The van der Waals surface area contributed by atoms with Gasteiger partial charge in [0.25, 0.3) is 0 Å². The number of nitrogens with two attached hydrogens (primary N) is 1. The Kier molecular flexibility index (Phi) is 8.29. The Bertz CT molecular complexity index is 722. The highest BCUT2D eigenvalue weighted by molar-refractivity contribution is 7.93. The van der Waals surface area contributed by atoms with Crippen molar-refractivity contribution in [2.24, 2.45) is 5.73 Å². The summed E-state index contributed by atoms with van der Waals surface area (Å²) in [4.78, 5) is -0.189. The van der Waals surface area contributed by atoms with Crippen molar-refractivity contribution in [1.82, 2.24) is 4.72 Å². The molecule has 1 rings (SSSR count). The van der Waals surface area contributed by atoms with Crippen molar-refractivity contribution < 1.29 is 21.6 Å². The molecule has 0 fully saturated rings. The molecule has 0 radical (unpaired) electrons. The Hall–Kier alpha value is -1.07. The number of nitrogens with one attached hydrogen (secondary N) is 2. The largest absolute Gasteiger partial charge is 0.497 e. The van der Waals surface area contributed by atoms with Gasteiger partial charge in [-0.25, -0.2) is 21.6 Å². The van der Waals surface area contributed by atoms with Crippen LogP contribution in [0.4, 0.5) is 5.69 Å². The minimum atomic E-state index is -3.92. The number of benzene rings is 1. The molecule has 0 spiro atoms. The van der Waals surface area contributed by atoms with Crippen LogP contribution in [0.25, 0.3) is 0 Å². The van der Waals surface area contributed by atoms with Crippen molar-refractivity contribution in [3.05, 3.63) is 18.2 Å². The lowest BCUT2D eigenvalue weighted by atomic mass is 10.3. The van der Waals surface area contributed by atoms with Crippen LogP contribution >= 0.6 is 12.4 Å². The Morgan fingerprint density at radius 1 is 1.26 bits per heavy atom. The lowest BCUT2D eigenvalue weighted by Crippen LogP contribution is -2.38. The first kappa shape index (κ1) is 21.9. The lowest BCUT2D eigenvalue weighted by molar-refractivity contribution is 0.414. The van der Waals surface area contributed by atoms with Gasteiger partial charge in [-0.2, -0.15) is 0 Å². The molecule has 0 saturated heterocycles. The molecular weight excluding hydrogens is 366 g/mol. The highest BCUT2D eigenvalue weighted by atomic mass is 35.5. The second kappa shape index (κ2) is 8.69. The van der Waals surface area contributed by atoms with Gasteiger partial charge < -0.3 is 10.5 Å². The Balaban J connectivity index is 0.00000484. The third-order valence-electron chi connectivity index (χ3n) is 2.83. The van der Waals surface area contributed by atoms with E-state index in [4.69, 9.17) is 10.5 Å². The van der Waals surface area contributed by atoms with Gasteiger partial charge in [0.15, 0.2) is 0 Å². The second-order valence-electron chi connectivity index (χ2n) is 4.63. The third-order valence-corrected chi connectivity index (χ3v) is 5.77. The Morgan fingerprint density at radius 2 is 1.87 bits per heavy atom. The maximum Gasteiger partial charge on any atom is 0.242 e. The molecule has 0 bridgehead atoms. The number of anilines is 1. The normalized spacial score (nSPS) is 13.0. The SMILES string of the molecule is CCS(=O)(=O)Nc1cc(OC)ccc1S(=O)(=O)N[C@@H](C)CN.Cl. The van der Waals surface area contributed by atoms with Gasteiger partial charge in [-0.1, -0.05) is 0 Å². The molecule has 0 aromatic heterocycles. The van der Waals surface area contributed by atoms with Crippen molar-refractivity contribution in [2.75, 3.05) is 24.1 Å². The molecule has 23 heavy (non-hydrogen) atoms. The zero-order chi connectivity index (χ0) is 17.0. The summed E-state index contributed by atoms with van der Waals surface area (Å²) in [6.07, 6.45) is 0. The molecule has 1 aromatic rings. The molecule has 0 unspecified atom stereocenters. The van der Waals surface area contributed by atoms with Crippen LogP contribution in [-0.2, 0) is 20.0 Å². The predicted octanol–water partition coefficient (Wildman–Crippen LogP) is 0.504. The second-order valence-corrected chi connectivity index (χ2v) is 8.32. The highest BCUT2D eigenvalue weighted by Crippen LogP contribution is 2.27. The van der Waals surface area contributed by atoms with Crippen LogP contribution in [0.2, 0.25) is 0 Å². The van der Waals surface area contributed by atoms with E-state index in [1.165, 1.54) is 32.2 Å². The number of rotatable bonds is 8. The fourth-order valence-corrected chi connectivity index (χ4v) is 3.68. The lowest BCUT2D eigenvalue weighted by Gasteiger charge is -2.16. The number of halogens is 1. The molecule has 0 aliphatic heterocycles. The van der Waals surface area contributed by atoms with Gasteiger partial charge >= 0.3 is 0 Å². The van der Waals surface area contributed by atoms with Crippen molar-refractivity contribution in [1.29, 1.82) is 0 Å². The molecular formula is C12H22ClN3O5S2. The van der Waals surface area contributed by atoms with E-state index < -0.39 is 26.1 Å². The van der Waals surface area contributed by atoms with E-state index in [9.17, 15) is 16.8 Å². The first-order chi connectivity index (χ1) is 10.1. The minimum Gasteiger partial charge on any atom is -0.497 e. The summed E-state index contributed by atoms with van der Waals surface area (Å²) in [5.41, 5.74) is 5.33. The first-order valence-electron chi connectivity index (χ1n) is 6.56. The topological polar surface area (TPSA) is 128 Å². The van der Waals surface area contributed by atoms with Crippen molar-refractivity contribution in [3.63, 3.8) is 0 Å². The predicted molar refractivity (Wildman–Crippen MR) is 92.2 cm³/mol. The average Bonchev–Trinajstić information content (AvgIpc) is 2.45. The number of hydrogen-bond donors (Lipinski definition) is 3. The van der Waals surface area contributed by atoms with Crippen LogP contribution in [-0.4, -0.2) is 42.3 Å². The molecule has 11 heteroatoms. The van der Waals surface area contributed by atoms with Gasteiger partial charge in [-0.3, -0.25) is 4.72 Å². The van der Waals surface area contributed by atoms with Crippen molar-refractivity contribution in [3.8, 4) is 5.75 Å². The monoisotopic (exact) mass is 387 g/mol. The standard InChI is InChI=1S/C12H21N3O5S2.ClH/c1-4-21(16,17)15-11-7-10(20-3)5-6-12(11)22(18,19)14-9(2)8-13;/h5-7,9,14-15H,4,8,13H2,1-3H3;1H/t9-;/m0./s1. The molecule has 0 aliphatic rings. The van der Waals surface area contributed by atoms with E-state index in [-0.39, 0.29) is 35.3 Å². The van der Waals surface area contributed by atoms with Crippen molar-refractivity contribution in [2.45, 2.75) is 24.8 Å². The summed E-state index contributed by atoms with van der Waals surface area (Å²) in [5, 5.41) is 0. The summed E-state index contributed by atoms with van der Waals surface area (Å²) >= 11 is 0. The molecule has 0 heterocycles. The molecule has 0 amide bonds. The maximum absolute atomic E-state index is 12.4. The first-order valence-corrected chi connectivity index (χ1v) is 9.69. The molecule has 8 nitrogen and oxygen atoms in total. The number of methoxy groups -OCH3 is 1. The smallest absolute Gasteiger partial charge is 0.242 e.